The molecular weight excluding hydrogens is 447 g/mol. The molecule has 4 aromatic rings. The highest BCUT2D eigenvalue weighted by Gasteiger charge is 2.43. The predicted molar refractivity (Wildman–Crippen MR) is 117 cm³/mol. The van der Waals surface area contributed by atoms with E-state index in [0.717, 1.165) is 5.39 Å². The average Bonchev–Trinajstić information content (AvgIpc) is 2.83. The molecule has 1 atom stereocenters. The van der Waals surface area contributed by atoms with Gasteiger partial charge in [-0.3, -0.25) is 14.8 Å². The molecule has 172 valence electrons. The van der Waals surface area contributed by atoms with Gasteiger partial charge in [0.25, 0.3) is 5.91 Å². The minimum Gasteiger partial charge on any atom is -0.491 e. The van der Waals surface area contributed by atoms with Crippen molar-refractivity contribution in [3.05, 3.63) is 95.9 Å². The van der Waals surface area contributed by atoms with Crippen LogP contribution in [-0.2, 0) is 5.54 Å². The largest absolute Gasteiger partial charge is 0.573 e. The van der Waals surface area contributed by atoms with Crippen molar-refractivity contribution in [1.82, 2.24) is 15.3 Å². The molecule has 1 N–H and O–H groups in total. The first-order valence-corrected chi connectivity index (χ1v) is 10.5. The summed E-state index contributed by atoms with van der Waals surface area (Å²) in [4.78, 5) is 22.4. The van der Waals surface area contributed by atoms with Gasteiger partial charge in [-0.1, -0.05) is 30.3 Å². The van der Waals surface area contributed by atoms with Gasteiger partial charge in [-0.2, -0.15) is 0 Å². The summed E-state index contributed by atoms with van der Waals surface area (Å²) in [6.45, 7) is 0.271. The Morgan fingerprint density at radius 2 is 1.71 bits per heavy atom. The van der Waals surface area contributed by atoms with Crippen LogP contribution in [-0.4, -0.2) is 28.8 Å². The first kappa shape index (κ1) is 21.7. The summed E-state index contributed by atoms with van der Waals surface area (Å²) >= 11 is 0. The highest BCUT2D eigenvalue weighted by Crippen LogP contribution is 2.41. The fourth-order valence-electron chi connectivity index (χ4n) is 4.22. The van der Waals surface area contributed by atoms with Crippen LogP contribution in [0.1, 0.15) is 28.0 Å². The normalized spacial score (nSPS) is 17.5. The Bertz CT molecular complexity index is 1350. The van der Waals surface area contributed by atoms with E-state index in [4.69, 9.17) is 4.74 Å². The second kappa shape index (κ2) is 8.33. The molecular formula is C25H18F3N3O3. The van der Waals surface area contributed by atoms with Gasteiger partial charge < -0.3 is 14.8 Å². The third-order valence-electron chi connectivity index (χ3n) is 5.69. The molecule has 5 rings (SSSR count). The summed E-state index contributed by atoms with van der Waals surface area (Å²) in [7, 11) is 0. The van der Waals surface area contributed by atoms with Gasteiger partial charge in [-0.25, -0.2) is 0 Å². The van der Waals surface area contributed by atoms with E-state index in [2.05, 4.69) is 20.0 Å². The third-order valence-corrected chi connectivity index (χ3v) is 5.69. The maximum Gasteiger partial charge on any atom is 0.573 e. The number of fused-ring (bicyclic) bond motifs is 2. The number of pyridine rings is 2. The van der Waals surface area contributed by atoms with Gasteiger partial charge in [0.2, 0.25) is 0 Å². The number of para-hydroxylation sites is 1. The maximum atomic E-state index is 13.6. The lowest BCUT2D eigenvalue weighted by Crippen LogP contribution is -2.50. The zero-order valence-electron chi connectivity index (χ0n) is 17.7. The van der Waals surface area contributed by atoms with E-state index < -0.39 is 17.8 Å². The van der Waals surface area contributed by atoms with Gasteiger partial charge in [0.15, 0.2) is 0 Å². The van der Waals surface area contributed by atoms with Crippen molar-refractivity contribution >= 4 is 16.8 Å². The molecule has 0 radical (unpaired) electrons. The predicted octanol–water partition coefficient (Wildman–Crippen LogP) is 4.98. The first-order valence-electron chi connectivity index (χ1n) is 10.5. The van der Waals surface area contributed by atoms with E-state index in [-0.39, 0.29) is 12.4 Å². The van der Waals surface area contributed by atoms with Crippen LogP contribution in [0.25, 0.3) is 10.9 Å². The first-order chi connectivity index (χ1) is 16.4. The van der Waals surface area contributed by atoms with Gasteiger partial charge in [0.1, 0.15) is 22.7 Å². The summed E-state index contributed by atoms with van der Waals surface area (Å²) in [6, 6.07) is 17.8. The van der Waals surface area contributed by atoms with E-state index in [9.17, 15) is 18.0 Å². The number of hydrogen-bond donors (Lipinski definition) is 1. The monoisotopic (exact) mass is 465 g/mol. The number of amides is 1. The maximum absolute atomic E-state index is 13.6. The third kappa shape index (κ3) is 4.00. The number of halogens is 3. The van der Waals surface area contributed by atoms with Crippen LogP contribution in [0, 0.1) is 0 Å². The number of carbonyl (C=O) groups excluding carboxylic acids is 1. The number of alkyl halides is 3. The van der Waals surface area contributed by atoms with Gasteiger partial charge in [0.05, 0.1) is 17.7 Å². The molecule has 0 aliphatic carbocycles. The Morgan fingerprint density at radius 1 is 0.971 bits per heavy atom. The molecule has 9 heteroatoms. The summed E-state index contributed by atoms with van der Waals surface area (Å²) in [6.07, 6.45) is -1.30. The van der Waals surface area contributed by atoms with E-state index in [1.54, 1.807) is 42.7 Å². The van der Waals surface area contributed by atoms with Gasteiger partial charge >= 0.3 is 6.36 Å². The molecule has 2 aromatic carbocycles. The van der Waals surface area contributed by atoms with Crippen LogP contribution in [0.5, 0.6) is 11.5 Å². The minimum atomic E-state index is -4.80. The van der Waals surface area contributed by atoms with Gasteiger partial charge in [-0.05, 0) is 42.0 Å². The Balaban J connectivity index is 1.60. The number of ether oxygens (including phenoxy) is 2. The van der Waals surface area contributed by atoms with E-state index in [1.165, 1.54) is 24.3 Å². The molecule has 0 saturated heterocycles. The van der Waals surface area contributed by atoms with Crippen LogP contribution in [0.4, 0.5) is 13.2 Å². The van der Waals surface area contributed by atoms with Crippen LogP contribution >= 0.6 is 0 Å². The highest BCUT2D eigenvalue weighted by atomic mass is 19.4. The standard InChI is InChI=1S/C25H18F3N3O3/c26-25(27,28)34-18-10-8-17(9-11-18)24(12-15-33-20-7-3-14-30-22(20)24)31-23(32)19-6-1-4-16-5-2-13-29-21(16)19/h1-11,13-14H,12,15H2,(H,31,32). The SMILES string of the molecule is O=C(NC1(c2ccc(OC(F)(F)F)cc2)CCOc2cccnc21)c1cccc2cccnc12. The molecule has 34 heavy (non-hydrogen) atoms. The summed E-state index contributed by atoms with van der Waals surface area (Å²) in [5.74, 6) is -0.261. The van der Waals surface area contributed by atoms with Crippen LogP contribution in [0.2, 0.25) is 0 Å². The summed E-state index contributed by atoms with van der Waals surface area (Å²) < 4.78 is 47.7. The molecule has 6 nitrogen and oxygen atoms in total. The average molecular weight is 465 g/mol. The lowest BCUT2D eigenvalue weighted by molar-refractivity contribution is -0.274. The molecule has 1 amide bonds. The number of carbonyl (C=O) groups is 1. The summed E-state index contributed by atoms with van der Waals surface area (Å²) in [5.41, 5.74) is 0.789. The van der Waals surface area contributed by atoms with Crippen molar-refractivity contribution in [3.8, 4) is 11.5 Å². The van der Waals surface area contributed by atoms with Crippen LogP contribution in [0.15, 0.2) is 79.1 Å². The van der Waals surface area contributed by atoms with E-state index in [0.29, 0.717) is 34.5 Å². The number of benzene rings is 2. The Hall–Kier alpha value is -4.14. The van der Waals surface area contributed by atoms with Crippen molar-refractivity contribution in [2.75, 3.05) is 6.61 Å². The Morgan fingerprint density at radius 3 is 2.50 bits per heavy atom. The lowest BCUT2D eigenvalue weighted by atomic mass is 9.81. The van der Waals surface area contributed by atoms with Crippen molar-refractivity contribution < 1.29 is 27.4 Å². The zero-order valence-corrected chi connectivity index (χ0v) is 17.7. The quantitative estimate of drug-likeness (QED) is 0.460. The fraction of sp³-hybridized carbons (Fsp3) is 0.160. The number of rotatable bonds is 4. The van der Waals surface area contributed by atoms with Crippen LogP contribution < -0.4 is 14.8 Å². The van der Waals surface area contributed by atoms with Crippen molar-refractivity contribution in [2.24, 2.45) is 0 Å². The molecule has 0 saturated carbocycles. The van der Waals surface area contributed by atoms with Gasteiger partial charge in [-0.15, -0.1) is 13.2 Å². The molecule has 0 bridgehead atoms. The Kier molecular flexibility index (Phi) is 5.31. The smallest absolute Gasteiger partial charge is 0.491 e. The summed E-state index contributed by atoms with van der Waals surface area (Å²) in [5, 5.41) is 3.91. The van der Waals surface area contributed by atoms with Crippen molar-refractivity contribution in [2.45, 2.75) is 18.3 Å². The fourth-order valence-corrected chi connectivity index (χ4v) is 4.22. The number of hydrogen-bond acceptors (Lipinski definition) is 5. The van der Waals surface area contributed by atoms with E-state index in [1.807, 2.05) is 12.1 Å². The van der Waals surface area contributed by atoms with Gasteiger partial charge in [0, 0.05) is 24.2 Å². The topological polar surface area (TPSA) is 73.3 Å². The molecule has 1 aliphatic rings. The molecule has 0 fully saturated rings. The van der Waals surface area contributed by atoms with Crippen molar-refractivity contribution in [3.63, 3.8) is 0 Å². The number of nitrogens with one attached hydrogen (secondary N) is 1. The molecule has 0 spiro atoms. The lowest BCUT2D eigenvalue weighted by Gasteiger charge is -2.39. The number of nitrogens with zero attached hydrogens (tertiary/aromatic N) is 2. The molecule has 3 heterocycles. The number of aromatic nitrogens is 2. The van der Waals surface area contributed by atoms with E-state index >= 15 is 0 Å². The zero-order chi connectivity index (χ0) is 23.8. The van der Waals surface area contributed by atoms with Crippen molar-refractivity contribution in [1.29, 1.82) is 0 Å². The molecule has 2 aromatic heterocycles. The Labute approximate surface area is 192 Å². The second-order valence-corrected chi connectivity index (χ2v) is 7.76. The van der Waals surface area contributed by atoms with Crippen LogP contribution in [0.3, 0.4) is 0 Å². The molecule has 1 aliphatic heterocycles. The highest BCUT2D eigenvalue weighted by molar-refractivity contribution is 6.05. The second-order valence-electron chi connectivity index (χ2n) is 7.76. The minimum absolute atomic E-state index is 0.271. The molecule has 1 unspecified atom stereocenters.